The van der Waals surface area contributed by atoms with Crippen molar-refractivity contribution in [3.8, 4) is 5.75 Å². The molecular weight excluding hydrogens is 324 g/mol. The highest BCUT2D eigenvalue weighted by Gasteiger charge is 2.14. The highest BCUT2D eigenvalue weighted by Crippen LogP contribution is 2.26. The second-order valence-corrected chi connectivity index (χ2v) is 6.47. The molecule has 0 spiro atoms. The van der Waals surface area contributed by atoms with Gasteiger partial charge in [0.2, 0.25) is 5.91 Å². The Kier molecular flexibility index (Phi) is 6.37. The molecule has 1 heterocycles. The molecule has 1 atom stereocenters. The lowest BCUT2D eigenvalue weighted by Gasteiger charge is -2.18. The van der Waals surface area contributed by atoms with Crippen molar-refractivity contribution in [3.63, 3.8) is 0 Å². The molecule has 0 radical (unpaired) electrons. The molecule has 128 valence electrons. The molecule has 1 unspecified atom stereocenters. The van der Waals surface area contributed by atoms with Crippen LogP contribution in [0.2, 0.25) is 0 Å². The van der Waals surface area contributed by atoms with Crippen LogP contribution in [-0.2, 0) is 4.79 Å². The van der Waals surface area contributed by atoms with Crippen LogP contribution in [0.1, 0.15) is 40.2 Å². The minimum Gasteiger partial charge on any atom is -0.496 e. The third-order valence-electron chi connectivity index (χ3n) is 3.61. The highest BCUT2D eigenvalue weighted by molar-refractivity contribution is 7.12. The van der Waals surface area contributed by atoms with E-state index in [1.165, 1.54) is 11.3 Å². The van der Waals surface area contributed by atoms with Gasteiger partial charge in [-0.2, -0.15) is 0 Å². The van der Waals surface area contributed by atoms with Crippen molar-refractivity contribution in [2.24, 2.45) is 0 Å². The lowest BCUT2D eigenvalue weighted by molar-refractivity contribution is -0.121. The van der Waals surface area contributed by atoms with Gasteiger partial charge in [-0.05, 0) is 31.4 Å². The maximum absolute atomic E-state index is 12.1. The van der Waals surface area contributed by atoms with E-state index in [2.05, 4.69) is 10.6 Å². The summed E-state index contributed by atoms with van der Waals surface area (Å²) < 4.78 is 5.35. The zero-order valence-electron chi connectivity index (χ0n) is 14.1. The fraction of sp³-hybridized carbons (Fsp3) is 0.333. The smallest absolute Gasteiger partial charge is 0.261 e. The Hall–Kier alpha value is -2.34. The normalized spacial score (nSPS) is 11.6. The number of hydrogen-bond donors (Lipinski definition) is 2. The minimum atomic E-state index is -0.166. The largest absolute Gasteiger partial charge is 0.496 e. The van der Waals surface area contributed by atoms with Gasteiger partial charge in [-0.25, -0.2) is 0 Å². The van der Waals surface area contributed by atoms with Gasteiger partial charge in [0.1, 0.15) is 5.75 Å². The summed E-state index contributed by atoms with van der Waals surface area (Å²) in [5.41, 5.74) is 2.04. The second-order valence-electron chi connectivity index (χ2n) is 5.52. The Labute approximate surface area is 146 Å². The quantitative estimate of drug-likeness (QED) is 0.810. The van der Waals surface area contributed by atoms with Gasteiger partial charge in [0.15, 0.2) is 0 Å². The number of amides is 2. The molecule has 0 aliphatic heterocycles. The summed E-state index contributed by atoms with van der Waals surface area (Å²) in [6, 6.07) is 9.28. The fourth-order valence-electron chi connectivity index (χ4n) is 2.37. The lowest BCUT2D eigenvalue weighted by Crippen LogP contribution is -2.32. The first kappa shape index (κ1) is 18.0. The summed E-state index contributed by atoms with van der Waals surface area (Å²) in [5.74, 6) is 0.489. The van der Waals surface area contributed by atoms with E-state index in [4.69, 9.17) is 4.74 Å². The van der Waals surface area contributed by atoms with Gasteiger partial charge in [-0.3, -0.25) is 9.59 Å². The number of carbonyl (C=O) groups is 2. The molecule has 2 N–H and O–H groups in total. The van der Waals surface area contributed by atoms with E-state index in [1.807, 2.05) is 43.5 Å². The summed E-state index contributed by atoms with van der Waals surface area (Å²) >= 11 is 1.38. The maximum Gasteiger partial charge on any atom is 0.261 e. The summed E-state index contributed by atoms with van der Waals surface area (Å²) in [6.45, 7) is 4.22. The molecule has 0 aliphatic carbocycles. The van der Waals surface area contributed by atoms with Crippen LogP contribution >= 0.6 is 11.3 Å². The molecule has 2 amide bonds. The topological polar surface area (TPSA) is 67.4 Å². The van der Waals surface area contributed by atoms with Crippen molar-refractivity contribution >= 4 is 23.2 Å². The van der Waals surface area contributed by atoms with Crippen LogP contribution in [0.4, 0.5) is 0 Å². The standard InChI is InChI=1S/C18H22N2O3S/c1-12-6-7-15(23-3)14(11-12)13(2)20-17(21)8-9-19-18(22)16-5-4-10-24-16/h4-7,10-11,13H,8-9H2,1-3H3,(H,19,22)(H,20,21). The average Bonchev–Trinajstić information content (AvgIpc) is 3.09. The predicted molar refractivity (Wildman–Crippen MR) is 95.6 cm³/mol. The van der Waals surface area contributed by atoms with E-state index in [1.54, 1.807) is 13.2 Å². The average molecular weight is 346 g/mol. The van der Waals surface area contributed by atoms with E-state index in [9.17, 15) is 9.59 Å². The molecule has 2 rings (SSSR count). The Morgan fingerprint density at radius 2 is 2.08 bits per heavy atom. The molecular formula is C18H22N2O3S. The van der Waals surface area contributed by atoms with Crippen LogP contribution in [0.25, 0.3) is 0 Å². The number of nitrogens with one attached hydrogen (secondary N) is 2. The van der Waals surface area contributed by atoms with Crippen LogP contribution in [0, 0.1) is 6.92 Å². The number of aryl methyl sites for hydroxylation is 1. The summed E-state index contributed by atoms with van der Waals surface area (Å²) in [7, 11) is 1.61. The molecule has 2 aromatic rings. The van der Waals surface area contributed by atoms with Crippen molar-refractivity contribution in [3.05, 3.63) is 51.7 Å². The first-order chi connectivity index (χ1) is 11.5. The van der Waals surface area contributed by atoms with E-state index >= 15 is 0 Å². The molecule has 0 bridgehead atoms. The van der Waals surface area contributed by atoms with Crippen molar-refractivity contribution in [2.75, 3.05) is 13.7 Å². The fourth-order valence-corrected chi connectivity index (χ4v) is 3.01. The zero-order chi connectivity index (χ0) is 17.5. The number of thiophene rings is 1. The number of hydrogen-bond acceptors (Lipinski definition) is 4. The Bertz CT molecular complexity index is 698. The van der Waals surface area contributed by atoms with Gasteiger partial charge in [-0.1, -0.05) is 23.8 Å². The summed E-state index contributed by atoms with van der Waals surface area (Å²) in [6.07, 6.45) is 0.232. The van der Waals surface area contributed by atoms with E-state index in [-0.39, 0.29) is 24.3 Å². The van der Waals surface area contributed by atoms with Gasteiger partial charge >= 0.3 is 0 Å². The zero-order valence-corrected chi connectivity index (χ0v) is 14.9. The van der Waals surface area contributed by atoms with Gasteiger partial charge < -0.3 is 15.4 Å². The van der Waals surface area contributed by atoms with Crippen LogP contribution in [0.5, 0.6) is 5.75 Å². The van der Waals surface area contributed by atoms with Gasteiger partial charge in [-0.15, -0.1) is 11.3 Å². The molecule has 1 aromatic heterocycles. The van der Waals surface area contributed by atoms with Crippen LogP contribution < -0.4 is 15.4 Å². The summed E-state index contributed by atoms with van der Waals surface area (Å²) in [5, 5.41) is 7.53. The molecule has 0 saturated carbocycles. The van der Waals surface area contributed by atoms with E-state index < -0.39 is 0 Å². The molecule has 0 aliphatic rings. The molecule has 0 fully saturated rings. The molecule has 1 aromatic carbocycles. The molecule has 24 heavy (non-hydrogen) atoms. The minimum absolute atomic E-state index is 0.113. The maximum atomic E-state index is 12.1. The number of benzene rings is 1. The van der Waals surface area contributed by atoms with Crippen LogP contribution in [-0.4, -0.2) is 25.5 Å². The van der Waals surface area contributed by atoms with E-state index in [0.717, 1.165) is 16.9 Å². The second kappa shape index (κ2) is 8.49. The Morgan fingerprint density at radius 1 is 1.29 bits per heavy atom. The number of carbonyl (C=O) groups excluding carboxylic acids is 2. The monoisotopic (exact) mass is 346 g/mol. The third kappa shape index (κ3) is 4.83. The van der Waals surface area contributed by atoms with Crippen LogP contribution in [0.15, 0.2) is 35.7 Å². The first-order valence-electron chi connectivity index (χ1n) is 7.77. The first-order valence-corrected chi connectivity index (χ1v) is 8.65. The number of methoxy groups -OCH3 is 1. The number of ether oxygens (including phenoxy) is 1. The van der Waals surface area contributed by atoms with Gasteiger partial charge in [0.25, 0.3) is 5.91 Å². The van der Waals surface area contributed by atoms with Crippen molar-refractivity contribution in [2.45, 2.75) is 26.3 Å². The molecule has 5 nitrogen and oxygen atoms in total. The Morgan fingerprint density at radius 3 is 2.75 bits per heavy atom. The SMILES string of the molecule is COc1ccc(C)cc1C(C)NC(=O)CCNC(=O)c1cccs1. The van der Waals surface area contributed by atoms with Crippen molar-refractivity contribution in [1.82, 2.24) is 10.6 Å². The van der Waals surface area contributed by atoms with Gasteiger partial charge in [0, 0.05) is 18.5 Å². The molecule has 6 heteroatoms. The van der Waals surface area contributed by atoms with Crippen LogP contribution in [0.3, 0.4) is 0 Å². The predicted octanol–water partition coefficient (Wildman–Crippen LogP) is 3.06. The number of rotatable bonds is 7. The van der Waals surface area contributed by atoms with E-state index in [0.29, 0.717) is 11.4 Å². The highest BCUT2D eigenvalue weighted by atomic mass is 32.1. The lowest BCUT2D eigenvalue weighted by atomic mass is 10.0. The summed E-state index contributed by atoms with van der Waals surface area (Å²) in [4.78, 5) is 24.5. The Balaban J connectivity index is 1.84. The van der Waals surface area contributed by atoms with Crippen molar-refractivity contribution < 1.29 is 14.3 Å². The third-order valence-corrected chi connectivity index (χ3v) is 4.48. The van der Waals surface area contributed by atoms with Gasteiger partial charge in [0.05, 0.1) is 18.0 Å². The van der Waals surface area contributed by atoms with Crippen molar-refractivity contribution in [1.29, 1.82) is 0 Å². The molecule has 0 saturated heterocycles.